The Morgan fingerprint density at radius 1 is 1.15 bits per heavy atom. The molecule has 0 spiro atoms. The first kappa shape index (κ1) is 18.7. The second-order valence-corrected chi connectivity index (χ2v) is 8.26. The molecule has 4 amide bonds. The van der Waals surface area contributed by atoms with Crippen LogP contribution in [0.2, 0.25) is 1.41 Å². The van der Waals surface area contributed by atoms with Crippen molar-refractivity contribution in [3.8, 4) is 5.75 Å². The molecule has 2 atom stereocenters. The van der Waals surface area contributed by atoms with Gasteiger partial charge in [-0.25, -0.2) is 0 Å². The standard InChI is InChI=1S/C25H25N3O6/c29-22-9-8-20(24(31)26-22)28-13-19-18(25(28)32)2-1-3-21(19)34-14-17-6-4-16(5-7-17)12-27-10-11-33-15-23(27)30/h1-7,20H,8-15H2,(H,26,29,31)/i9D,20D/hD. The van der Waals surface area contributed by atoms with Crippen LogP contribution in [0.5, 0.6) is 5.75 Å². The quantitative estimate of drug-likeness (QED) is 0.645. The minimum atomic E-state index is -2.23. The molecular weight excluding hydrogens is 438 g/mol. The smallest absolute Gasteiger partial charge is 0.255 e. The van der Waals surface area contributed by atoms with Gasteiger partial charge in [0.1, 0.15) is 25.0 Å². The molecular formula is C25H25N3O6. The first-order chi connectivity index (χ1) is 17.7. The lowest BCUT2D eigenvalue weighted by Crippen LogP contribution is -2.52. The number of piperidine rings is 1. The Kier molecular flexibility index (Phi) is 5.09. The molecule has 2 saturated heterocycles. The van der Waals surface area contributed by atoms with Gasteiger partial charge >= 0.3 is 0 Å². The molecule has 9 heteroatoms. The summed E-state index contributed by atoms with van der Waals surface area (Å²) in [5.41, 5.74) is 2.63. The number of carbonyl (C=O) groups excluding carboxylic acids is 4. The summed E-state index contributed by atoms with van der Waals surface area (Å²) in [5.74, 6) is -2.36. The van der Waals surface area contributed by atoms with Gasteiger partial charge in [0.25, 0.3) is 5.91 Å². The van der Waals surface area contributed by atoms with Crippen LogP contribution >= 0.6 is 0 Å². The van der Waals surface area contributed by atoms with E-state index >= 15 is 0 Å². The predicted octanol–water partition coefficient (Wildman–Crippen LogP) is 1.39. The topological polar surface area (TPSA) is 105 Å². The molecule has 0 aromatic heterocycles. The maximum atomic E-state index is 13.1. The van der Waals surface area contributed by atoms with Crippen molar-refractivity contribution in [2.75, 3.05) is 19.8 Å². The Bertz CT molecular complexity index is 1270. The fraction of sp³-hybridized carbons (Fsp3) is 0.360. The Hall–Kier alpha value is -3.72. The lowest BCUT2D eigenvalue weighted by Gasteiger charge is -2.29. The maximum absolute atomic E-state index is 13.1. The Labute approximate surface area is 200 Å². The highest BCUT2D eigenvalue weighted by atomic mass is 16.5. The first-order valence-corrected chi connectivity index (χ1v) is 11.0. The average molecular weight is 467 g/mol. The largest absolute Gasteiger partial charge is 0.489 e. The van der Waals surface area contributed by atoms with Crippen LogP contribution in [-0.4, -0.2) is 59.2 Å². The molecule has 34 heavy (non-hydrogen) atoms. The zero-order chi connectivity index (χ0) is 26.3. The van der Waals surface area contributed by atoms with Crippen LogP contribution in [0.4, 0.5) is 0 Å². The van der Waals surface area contributed by atoms with Crippen molar-refractivity contribution in [2.24, 2.45) is 0 Å². The molecule has 2 unspecified atom stereocenters. The molecule has 9 nitrogen and oxygen atoms in total. The van der Waals surface area contributed by atoms with E-state index in [4.69, 9.17) is 13.6 Å². The van der Waals surface area contributed by atoms with E-state index in [9.17, 15) is 19.2 Å². The number of rotatable bonds is 6. The number of fused-ring (bicyclic) bond motifs is 1. The van der Waals surface area contributed by atoms with Gasteiger partial charge in [-0.05, 0) is 29.7 Å². The summed E-state index contributed by atoms with van der Waals surface area (Å²) in [6, 6.07) is 10.3. The monoisotopic (exact) mass is 466 g/mol. The van der Waals surface area contributed by atoms with E-state index in [0.717, 1.165) is 16.0 Å². The molecule has 2 aromatic carbocycles. The van der Waals surface area contributed by atoms with E-state index in [1.165, 1.54) is 0 Å². The average Bonchev–Trinajstić information content (AvgIpc) is 3.25. The molecule has 2 aromatic rings. The van der Waals surface area contributed by atoms with Gasteiger partial charge in [-0.1, -0.05) is 30.3 Å². The molecule has 1 N–H and O–H groups in total. The van der Waals surface area contributed by atoms with E-state index in [1.807, 2.05) is 24.3 Å². The minimum absolute atomic E-state index is 0.0144. The fourth-order valence-electron chi connectivity index (χ4n) is 4.20. The molecule has 0 aliphatic carbocycles. The molecule has 0 bridgehead atoms. The van der Waals surface area contributed by atoms with E-state index in [1.54, 1.807) is 23.1 Å². The third-order valence-corrected chi connectivity index (χ3v) is 6.05. The van der Waals surface area contributed by atoms with E-state index in [0.29, 0.717) is 31.0 Å². The normalized spacial score (nSPS) is 26.3. The molecule has 2 fully saturated rings. The van der Waals surface area contributed by atoms with Crippen LogP contribution < -0.4 is 10.0 Å². The summed E-state index contributed by atoms with van der Waals surface area (Å²) in [6.07, 6.45) is -1.98. The maximum Gasteiger partial charge on any atom is 0.255 e. The molecule has 3 aliphatic rings. The van der Waals surface area contributed by atoms with Crippen LogP contribution in [0, 0.1) is 0 Å². The van der Waals surface area contributed by atoms with Crippen molar-refractivity contribution >= 4 is 23.6 Å². The second-order valence-electron chi connectivity index (χ2n) is 8.26. The van der Waals surface area contributed by atoms with Gasteiger partial charge in [-0.3, -0.25) is 24.5 Å². The number of imide groups is 1. The van der Waals surface area contributed by atoms with Gasteiger partial charge < -0.3 is 19.3 Å². The van der Waals surface area contributed by atoms with Gasteiger partial charge in [0.15, 0.2) is 1.41 Å². The van der Waals surface area contributed by atoms with Crippen molar-refractivity contribution in [3.63, 3.8) is 0 Å². The number of benzene rings is 2. The van der Waals surface area contributed by atoms with Crippen LogP contribution in [0.1, 0.15) is 42.6 Å². The van der Waals surface area contributed by atoms with Crippen LogP contribution in [0.25, 0.3) is 0 Å². The van der Waals surface area contributed by atoms with Gasteiger partial charge in [-0.15, -0.1) is 0 Å². The lowest BCUT2D eigenvalue weighted by atomic mass is 10.0. The third kappa shape index (κ3) is 4.38. The zero-order valence-electron chi connectivity index (χ0n) is 21.4. The fourth-order valence-corrected chi connectivity index (χ4v) is 4.20. The van der Waals surface area contributed by atoms with Crippen LogP contribution in [0.15, 0.2) is 42.5 Å². The van der Waals surface area contributed by atoms with Crippen molar-refractivity contribution < 1.29 is 32.8 Å². The molecule has 0 radical (unpaired) electrons. The van der Waals surface area contributed by atoms with Gasteiger partial charge in [0.2, 0.25) is 17.7 Å². The zero-order valence-corrected chi connectivity index (χ0v) is 18.4. The number of carbonyl (C=O) groups is 4. The molecule has 3 aliphatic heterocycles. The van der Waals surface area contributed by atoms with E-state index in [-0.39, 0.29) is 36.5 Å². The van der Waals surface area contributed by atoms with Crippen molar-refractivity contribution in [2.45, 2.75) is 38.5 Å². The first-order valence-electron chi connectivity index (χ1n) is 12.5. The molecule has 176 valence electrons. The highest BCUT2D eigenvalue weighted by Gasteiger charge is 2.40. The molecule has 3 heterocycles. The SMILES string of the molecule is [2H]C1CC([2H])(N2Cc3c(OCc4ccc(CN5CCOCC5=O)cc4)cccc3C2=O)C(=O)N([2H])C1=O. The van der Waals surface area contributed by atoms with Crippen LogP contribution in [-0.2, 0) is 38.8 Å². The summed E-state index contributed by atoms with van der Waals surface area (Å²) >= 11 is 0. The summed E-state index contributed by atoms with van der Waals surface area (Å²) in [7, 11) is 0. The highest BCUT2D eigenvalue weighted by molar-refractivity contribution is 6.05. The number of hydrogen-bond acceptors (Lipinski definition) is 6. The third-order valence-electron chi connectivity index (χ3n) is 6.05. The van der Waals surface area contributed by atoms with Gasteiger partial charge in [-0.2, -0.15) is 0 Å². The number of morpholine rings is 1. The second kappa shape index (κ2) is 9.26. The molecule has 0 saturated carbocycles. The summed E-state index contributed by atoms with van der Waals surface area (Å²) in [6.45, 7) is 1.78. The molecule has 5 rings (SSSR count). The minimum Gasteiger partial charge on any atom is -0.489 e. The number of hydrogen-bond donors (Lipinski definition) is 1. The number of nitrogens with zero attached hydrogens (tertiary/aromatic N) is 2. The van der Waals surface area contributed by atoms with Gasteiger partial charge in [0, 0.05) is 32.0 Å². The summed E-state index contributed by atoms with van der Waals surface area (Å²) < 4.78 is 35.4. The Morgan fingerprint density at radius 2 is 1.94 bits per heavy atom. The number of amides is 4. The van der Waals surface area contributed by atoms with Gasteiger partial charge in [0.05, 0.1) is 14.5 Å². The summed E-state index contributed by atoms with van der Waals surface area (Å²) in [4.78, 5) is 52.3. The highest BCUT2D eigenvalue weighted by Crippen LogP contribution is 2.34. The van der Waals surface area contributed by atoms with E-state index < -0.39 is 36.6 Å². The lowest BCUT2D eigenvalue weighted by molar-refractivity contribution is -0.143. The van der Waals surface area contributed by atoms with Crippen molar-refractivity contribution in [1.82, 2.24) is 15.1 Å². The van der Waals surface area contributed by atoms with Crippen molar-refractivity contribution in [3.05, 3.63) is 64.7 Å². The van der Waals surface area contributed by atoms with E-state index in [2.05, 4.69) is 0 Å². The Balaban J connectivity index is 1.28. The summed E-state index contributed by atoms with van der Waals surface area (Å²) in [5, 5.41) is 0.0144. The Morgan fingerprint density at radius 3 is 2.74 bits per heavy atom. The van der Waals surface area contributed by atoms with Crippen LogP contribution in [0.3, 0.4) is 0 Å². The number of nitrogens with one attached hydrogen (secondary N) is 1. The number of ether oxygens (including phenoxy) is 2. The predicted molar refractivity (Wildman–Crippen MR) is 119 cm³/mol. The van der Waals surface area contributed by atoms with Crippen molar-refractivity contribution in [1.29, 1.82) is 0 Å².